The first-order valence-corrected chi connectivity index (χ1v) is 8.70. The zero-order chi connectivity index (χ0) is 15.0. The van der Waals surface area contributed by atoms with Crippen LogP contribution in [0.25, 0.3) is 0 Å². The topological polar surface area (TPSA) is 37.4 Å². The molecule has 21 heavy (non-hydrogen) atoms. The second-order valence-corrected chi connectivity index (χ2v) is 7.53. The van der Waals surface area contributed by atoms with Gasteiger partial charge < -0.3 is 0 Å². The van der Waals surface area contributed by atoms with Crippen molar-refractivity contribution in [3.8, 4) is 0 Å². The molecule has 0 aromatic heterocycles. The summed E-state index contributed by atoms with van der Waals surface area (Å²) in [5, 5.41) is 0.425. The summed E-state index contributed by atoms with van der Waals surface area (Å²) in [5.41, 5.74) is 1.84. The number of hydrogen-bond acceptors (Lipinski definition) is 2. The van der Waals surface area contributed by atoms with Gasteiger partial charge in [0.2, 0.25) is 0 Å². The molecule has 0 amide bonds. The summed E-state index contributed by atoms with van der Waals surface area (Å²) in [4.78, 5) is 0.235. The van der Waals surface area contributed by atoms with E-state index in [0.717, 1.165) is 24.1 Å². The first-order valence-electron chi connectivity index (χ1n) is 6.88. The molecule has 0 unspecified atom stereocenters. The zero-order valence-electron chi connectivity index (χ0n) is 11.7. The van der Waals surface area contributed by atoms with E-state index in [2.05, 4.69) is 0 Å². The Morgan fingerprint density at radius 3 is 2.67 bits per heavy atom. The van der Waals surface area contributed by atoms with E-state index in [1.54, 1.807) is 18.2 Å². The first-order chi connectivity index (χ1) is 10.00. The van der Waals surface area contributed by atoms with Crippen LogP contribution in [0, 0.1) is 0 Å². The van der Waals surface area contributed by atoms with E-state index >= 15 is 0 Å². The Hall–Kier alpha value is -1.52. The number of fused-ring (bicyclic) bond motifs is 1. The lowest BCUT2D eigenvalue weighted by molar-refractivity contribution is 0.563. The third kappa shape index (κ3) is 2.54. The molecule has 1 aliphatic rings. The van der Waals surface area contributed by atoms with E-state index in [-0.39, 0.29) is 10.9 Å². The summed E-state index contributed by atoms with van der Waals surface area (Å²) in [6, 6.07) is 14.0. The second kappa shape index (κ2) is 5.35. The molecule has 0 spiro atoms. The van der Waals surface area contributed by atoms with E-state index in [0.29, 0.717) is 5.02 Å². The minimum absolute atomic E-state index is 0.0659. The van der Waals surface area contributed by atoms with Gasteiger partial charge in [-0.2, -0.15) is 0 Å². The number of rotatable bonds is 2. The van der Waals surface area contributed by atoms with Gasteiger partial charge in [-0.15, -0.1) is 0 Å². The molecular weight excluding hydrogens is 306 g/mol. The molecule has 0 N–H and O–H groups in total. The number of hydrogen-bond donors (Lipinski definition) is 0. The number of anilines is 1. The Bertz CT molecular complexity index is 773. The molecule has 1 heterocycles. The largest absolute Gasteiger partial charge is 0.264 e. The fourth-order valence-electron chi connectivity index (χ4n) is 2.76. The van der Waals surface area contributed by atoms with Crippen LogP contribution in [0.3, 0.4) is 0 Å². The number of sulfonamides is 1. The van der Waals surface area contributed by atoms with Gasteiger partial charge in [0.15, 0.2) is 0 Å². The van der Waals surface area contributed by atoms with Crippen LogP contribution < -0.4 is 4.31 Å². The Morgan fingerprint density at radius 1 is 1.14 bits per heavy atom. The number of aryl methyl sites for hydroxylation is 1. The molecule has 0 aliphatic carbocycles. The predicted octanol–water partition coefficient (Wildman–Crippen LogP) is 3.87. The van der Waals surface area contributed by atoms with E-state index < -0.39 is 10.0 Å². The quantitative estimate of drug-likeness (QED) is 0.842. The van der Waals surface area contributed by atoms with Gasteiger partial charge in [-0.05, 0) is 49.6 Å². The van der Waals surface area contributed by atoms with Gasteiger partial charge >= 0.3 is 0 Å². The van der Waals surface area contributed by atoms with E-state index in [1.165, 1.54) is 10.4 Å². The van der Waals surface area contributed by atoms with Crippen LogP contribution in [-0.4, -0.2) is 14.5 Å². The molecule has 0 radical (unpaired) electrons. The third-order valence-electron chi connectivity index (χ3n) is 3.81. The lowest BCUT2D eigenvalue weighted by atomic mass is 9.99. The Morgan fingerprint density at radius 2 is 1.90 bits per heavy atom. The summed E-state index contributed by atoms with van der Waals surface area (Å²) >= 11 is 5.94. The molecule has 5 heteroatoms. The fraction of sp³-hybridized carbons (Fsp3) is 0.250. The number of nitrogens with zero attached hydrogens (tertiary/aromatic N) is 1. The number of benzene rings is 2. The second-order valence-electron chi connectivity index (χ2n) is 5.27. The number of halogens is 1. The van der Waals surface area contributed by atoms with E-state index in [4.69, 9.17) is 11.6 Å². The molecule has 0 bridgehead atoms. The van der Waals surface area contributed by atoms with Crippen molar-refractivity contribution in [3.63, 3.8) is 0 Å². The predicted molar refractivity (Wildman–Crippen MR) is 85.3 cm³/mol. The summed E-state index contributed by atoms with van der Waals surface area (Å²) in [7, 11) is -3.60. The normalized spacial score (nSPS) is 18.4. The Kier molecular flexibility index (Phi) is 3.68. The third-order valence-corrected chi connectivity index (χ3v) is 5.97. The van der Waals surface area contributed by atoms with Gasteiger partial charge in [-0.25, -0.2) is 8.42 Å². The average Bonchev–Trinajstić information content (AvgIpc) is 2.46. The standard InChI is InChI=1S/C16H16ClNO2S/c1-12-9-10-13-5-2-3-8-16(13)18(12)21(19,20)15-7-4-6-14(17)11-15/h2-8,11-12H,9-10H2,1H3/t12-/m1/s1. The maximum atomic E-state index is 13.0. The smallest absolute Gasteiger partial charge is 0.263 e. The van der Waals surface area contributed by atoms with E-state index in [1.807, 2.05) is 31.2 Å². The van der Waals surface area contributed by atoms with Gasteiger partial charge in [0.25, 0.3) is 10.0 Å². The molecule has 2 aromatic carbocycles. The van der Waals surface area contributed by atoms with Crippen molar-refractivity contribution in [1.82, 2.24) is 0 Å². The zero-order valence-corrected chi connectivity index (χ0v) is 13.2. The lowest BCUT2D eigenvalue weighted by Gasteiger charge is -2.36. The molecule has 110 valence electrons. The summed E-state index contributed by atoms with van der Waals surface area (Å²) in [6.45, 7) is 1.94. The van der Waals surface area contributed by atoms with Crippen molar-refractivity contribution >= 4 is 27.3 Å². The summed E-state index contributed by atoms with van der Waals surface area (Å²) in [5.74, 6) is 0. The number of para-hydroxylation sites is 1. The Balaban J connectivity index is 2.15. The summed E-state index contributed by atoms with van der Waals surface area (Å²) < 4.78 is 27.5. The molecule has 3 nitrogen and oxygen atoms in total. The molecule has 1 aliphatic heterocycles. The van der Waals surface area contributed by atoms with Crippen LogP contribution in [0.5, 0.6) is 0 Å². The molecule has 2 aromatic rings. The molecule has 3 rings (SSSR count). The van der Waals surface area contributed by atoms with Crippen LogP contribution in [0.15, 0.2) is 53.4 Å². The maximum absolute atomic E-state index is 13.0. The van der Waals surface area contributed by atoms with Gasteiger partial charge in [-0.3, -0.25) is 4.31 Å². The van der Waals surface area contributed by atoms with Crippen molar-refractivity contribution in [2.45, 2.75) is 30.7 Å². The van der Waals surface area contributed by atoms with Gasteiger partial charge in [0.1, 0.15) is 0 Å². The van der Waals surface area contributed by atoms with Crippen molar-refractivity contribution < 1.29 is 8.42 Å². The highest BCUT2D eigenvalue weighted by Crippen LogP contribution is 2.35. The average molecular weight is 322 g/mol. The molecule has 1 atom stereocenters. The Labute approximate surface area is 130 Å². The van der Waals surface area contributed by atoms with Crippen molar-refractivity contribution in [2.24, 2.45) is 0 Å². The van der Waals surface area contributed by atoms with Crippen molar-refractivity contribution in [3.05, 3.63) is 59.1 Å². The fourth-order valence-corrected chi connectivity index (χ4v) is 4.79. The molecule has 0 fully saturated rings. The maximum Gasteiger partial charge on any atom is 0.264 e. The van der Waals surface area contributed by atoms with Crippen LogP contribution in [0.2, 0.25) is 5.02 Å². The SMILES string of the molecule is C[C@@H]1CCc2ccccc2N1S(=O)(=O)c1cccc(Cl)c1. The van der Waals surface area contributed by atoms with E-state index in [9.17, 15) is 8.42 Å². The summed E-state index contributed by atoms with van der Waals surface area (Å²) in [6.07, 6.45) is 1.72. The highest BCUT2D eigenvalue weighted by atomic mass is 35.5. The lowest BCUT2D eigenvalue weighted by Crippen LogP contribution is -2.42. The monoisotopic (exact) mass is 321 g/mol. The van der Waals surface area contributed by atoms with Crippen LogP contribution >= 0.6 is 11.6 Å². The molecule has 0 saturated carbocycles. The van der Waals surface area contributed by atoms with Gasteiger partial charge in [-0.1, -0.05) is 35.9 Å². The van der Waals surface area contributed by atoms with Gasteiger partial charge in [0.05, 0.1) is 10.6 Å². The minimum atomic E-state index is -3.60. The molecule has 0 saturated heterocycles. The highest BCUT2D eigenvalue weighted by molar-refractivity contribution is 7.92. The van der Waals surface area contributed by atoms with Crippen molar-refractivity contribution in [2.75, 3.05) is 4.31 Å². The van der Waals surface area contributed by atoms with Crippen molar-refractivity contribution in [1.29, 1.82) is 0 Å². The van der Waals surface area contributed by atoms with Gasteiger partial charge in [0, 0.05) is 11.1 Å². The first kappa shape index (κ1) is 14.4. The van der Waals surface area contributed by atoms with Crippen LogP contribution in [0.1, 0.15) is 18.9 Å². The highest BCUT2D eigenvalue weighted by Gasteiger charge is 2.33. The van der Waals surface area contributed by atoms with Crippen LogP contribution in [-0.2, 0) is 16.4 Å². The minimum Gasteiger partial charge on any atom is -0.263 e. The van der Waals surface area contributed by atoms with Crippen LogP contribution in [0.4, 0.5) is 5.69 Å². The molecular formula is C16H16ClNO2S.